The first-order valence-corrected chi connectivity index (χ1v) is 9.86. The van der Waals surface area contributed by atoms with Crippen LogP contribution < -0.4 is 5.32 Å². The number of methoxy groups -OCH3 is 1. The molecule has 0 fully saturated rings. The van der Waals surface area contributed by atoms with Crippen molar-refractivity contribution >= 4 is 17.6 Å². The van der Waals surface area contributed by atoms with Crippen LogP contribution in [0, 0.1) is 0 Å². The lowest BCUT2D eigenvalue weighted by atomic mass is 9.99. The summed E-state index contributed by atoms with van der Waals surface area (Å²) in [5.41, 5.74) is 3.92. The molecule has 0 saturated heterocycles. The molecule has 1 N–H and O–H groups in total. The van der Waals surface area contributed by atoms with Crippen molar-refractivity contribution in [1.82, 2.24) is 0 Å². The van der Waals surface area contributed by atoms with Crippen LogP contribution in [0.25, 0.3) is 0 Å². The van der Waals surface area contributed by atoms with Gasteiger partial charge in [0.25, 0.3) is 5.91 Å². The van der Waals surface area contributed by atoms with Gasteiger partial charge in [0.2, 0.25) is 0 Å². The third-order valence-electron chi connectivity index (χ3n) is 4.69. The highest BCUT2D eigenvalue weighted by Crippen LogP contribution is 2.16. The van der Waals surface area contributed by atoms with Crippen LogP contribution in [0.2, 0.25) is 0 Å². The van der Waals surface area contributed by atoms with Gasteiger partial charge in [-0.3, -0.25) is 4.79 Å². The highest BCUT2D eigenvalue weighted by Gasteiger charge is 2.12. The fourth-order valence-electron chi connectivity index (χ4n) is 3.07. The molecule has 0 radical (unpaired) electrons. The molecule has 3 aromatic rings. The molecule has 0 spiro atoms. The van der Waals surface area contributed by atoms with Gasteiger partial charge in [-0.1, -0.05) is 48.5 Å². The Morgan fingerprint density at radius 3 is 2.23 bits per heavy atom. The van der Waals surface area contributed by atoms with E-state index in [4.69, 9.17) is 9.47 Å². The van der Waals surface area contributed by atoms with Gasteiger partial charge in [0.15, 0.2) is 0 Å². The van der Waals surface area contributed by atoms with Gasteiger partial charge in [0.1, 0.15) is 6.61 Å². The third-order valence-corrected chi connectivity index (χ3v) is 4.69. The molecule has 0 aromatic heterocycles. The largest absolute Gasteiger partial charge is 0.460 e. The van der Waals surface area contributed by atoms with Gasteiger partial charge in [0.05, 0.1) is 12.2 Å². The molecule has 0 aliphatic heterocycles. The van der Waals surface area contributed by atoms with Crippen molar-refractivity contribution in [3.63, 3.8) is 0 Å². The number of nitrogens with one attached hydrogen (secondary N) is 1. The zero-order valence-corrected chi connectivity index (χ0v) is 17.0. The molecule has 0 saturated carbocycles. The Bertz CT molecular complexity index is 968. The molecule has 0 aliphatic rings. The number of amides is 1. The fourth-order valence-corrected chi connectivity index (χ4v) is 3.07. The number of carbonyl (C=O) groups excluding carboxylic acids is 2. The predicted octanol–water partition coefficient (Wildman–Crippen LogP) is 4.53. The highest BCUT2D eigenvalue weighted by molar-refractivity contribution is 6.05. The molecule has 154 valence electrons. The van der Waals surface area contributed by atoms with Crippen LogP contribution in [-0.2, 0) is 22.3 Å². The molecule has 5 heteroatoms. The Morgan fingerprint density at radius 2 is 1.50 bits per heavy atom. The van der Waals surface area contributed by atoms with Gasteiger partial charge in [-0.05, 0) is 54.3 Å². The van der Waals surface area contributed by atoms with Crippen molar-refractivity contribution in [2.24, 2.45) is 0 Å². The van der Waals surface area contributed by atoms with Crippen molar-refractivity contribution in [2.45, 2.75) is 12.8 Å². The monoisotopic (exact) mass is 403 g/mol. The Labute approximate surface area is 176 Å². The summed E-state index contributed by atoms with van der Waals surface area (Å²) in [7, 11) is 1.55. The molecule has 3 rings (SSSR count). The first kappa shape index (κ1) is 21.3. The minimum atomic E-state index is -0.420. The van der Waals surface area contributed by atoms with Crippen molar-refractivity contribution in [1.29, 1.82) is 0 Å². The van der Waals surface area contributed by atoms with Crippen LogP contribution in [0.4, 0.5) is 5.69 Å². The molecule has 0 bridgehead atoms. The highest BCUT2D eigenvalue weighted by atomic mass is 16.6. The number of esters is 1. The van der Waals surface area contributed by atoms with Crippen LogP contribution in [0.5, 0.6) is 0 Å². The lowest BCUT2D eigenvalue weighted by Crippen LogP contribution is -2.15. The summed E-state index contributed by atoms with van der Waals surface area (Å²) in [5.74, 6) is -0.592. The smallest absolute Gasteiger partial charge is 0.338 e. The van der Waals surface area contributed by atoms with E-state index in [1.54, 1.807) is 31.4 Å². The number of aryl methyl sites for hydroxylation is 2. The summed E-state index contributed by atoms with van der Waals surface area (Å²) in [4.78, 5) is 24.8. The van der Waals surface area contributed by atoms with Crippen LogP contribution >= 0.6 is 0 Å². The maximum atomic E-state index is 12.8. The van der Waals surface area contributed by atoms with Gasteiger partial charge in [-0.15, -0.1) is 0 Å². The number of anilines is 1. The normalized spacial score (nSPS) is 10.4. The SMILES string of the molecule is COCCOC(=O)c1ccc(NC(=O)c2ccccc2CCc2ccccc2)cc1. The van der Waals surface area contributed by atoms with Crippen LogP contribution in [0.1, 0.15) is 31.8 Å². The zero-order chi connectivity index (χ0) is 21.2. The number of benzene rings is 3. The van der Waals surface area contributed by atoms with E-state index >= 15 is 0 Å². The molecule has 0 atom stereocenters. The summed E-state index contributed by atoms with van der Waals surface area (Å²) in [6.07, 6.45) is 1.64. The summed E-state index contributed by atoms with van der Waals surface area (Å²) < 4.78 is 9.95. The van der Waals surface area contributed by atoms with E-state index in [9.17, 15) is 9.59 Å². The van der Waals surface area contributed by atoms with E-state index in [-0.39, 0.29) is 12.5 Å². The van der Waals surface area contributed by atoms with Crippen LogP contribution in [0.15, 0.2) is 78.9 Å². The number of rotatable bonds is 9. The fraction of sp³-hybridized carbons (Fsp3) is 0.200. The standard InChI is InChI=1S/C25H25NO4/c1-29-17-18-30-25(28)21-13-15-22(16-14-21)26-24(27)23-10-6-5-9-20(23)12-11-19-7-3-2-4-8-19/h2-10,13-16H,11-12,17-18H2,1H3,(H,26,27). The lowest BCUT2D eigenvalue weighted by molar-refractivity contribution is 0.0388. The average molecular weight is 403 g/mol. The van der Waals surface area contributed by atoms with Gasteiger partial charge in [0, 0.05) is 18.4 Å². The van der Waals surface area contributed by atoms with E-state index in [1.165, 1.54) is 5.56 Å². The number of hydrogen-bond donors (Lipinski definition) is 1. The predicted molar refractivity (Wildman–Crippen MR) is 117 cm³/mol. The Kier molecular flexibility index (Phi) is 7.75. The molecule has 30 heavy (non-hydrogen) atoms. The van der Waals surface area contributed by atoms with E-state index in [0.717, 1.165) is 18.4 Å². The molecule has 3 aromatic carbocycles. The van der Waals surface area contributed by atoms with Gasteiger partial charge in [-0.2, -0.15) is 0 Å². The number of carbonyl (C=O) groups is 2. The third kappa shape index (κ3) is 6.03. The van der Waals surface area contributed by atoms with Crippen molar-refractivity contribution in [3.8, 4) is 0 Å². The Hall–Kier alpha value is -3.44. The molecule has 0 unspecified atom stereocenters. The van der Waals surface area contributed by atoms with Gasteiger partial charge in [-0.25, -0.2) is 4.79 Å². The first-order valence-electron chi connectivity index (χ1n) is 9.86. The maximum Gasteiger partial charge on any atom is 0.338 e. The number of ether oxygens (including phenoxy) is 2. The van der Waals surface area contributed by atoms with Crippen molar-refractivity contribution in [3.05, 3.63) is 101 Å². The summed E-state index contributed by atoms with van der Waals surface area (Å²) >= 11 is 0. The lowest BCUT2D eigenvalue weighted by Gasteiger charge is -2.11. The Balaban J connectivity index is 1.62. The van der Waals surface area contributed by atoms with Crippen molar-refractivity contribution in [2.75, 3.05) is 25.6 Å². The second-order valence-electron chi connectivity index (χ2n) is 6.80. The molecule has 1 amide bonds. The second kappa shape index (κ2) is 10.9. The van der Waals surface area contributed by atoms with E-state index in [2.05, 4.69) is 17.4 Å². The van der Waals surface area contributed by atoms with Crippen LogP contribution in [0.3, 0.4) is 0 Å². The van der Waals surface area contributed by atoms with E-state index < -0.39 is 5.97 Å². The van der Waals surface area contributed by atoms with Crippen LogP contribution in [-0.4, -0.2) is 32.2 Å². The van der Waals surface area contributed by atoms with Crippen molar-refractivity contribution < 1.29 is 19.1 Å². The molecule has 5 nitrogen and oxygen atoms in total. The quantitative estimate of drug-likeness (QED) is 0.421. The summed E-state index contributed by atoms with van der Waals surface area (Å²) in [6.45, 7) is 0.553. The summed E-state index contributed by atoms with van der Waals surface area (Å²) in [6, 6.07) is 24.5. The first-order chi connectivity index (χ1) is 14.7. The summed E-state index contributed by atoms with van der Waals surface area (Å²) in [5, 5.41) is 2.90. The van der Waals surface area contributed by atoms with Gasteiger partial charge < -0.3 is 14.8 Å². The Morgan fingerprint density at radius 1 is 0.800 bits per heavy atom. The van der Waals surface area contributed by atoms with E-state index in [0.29, 0.717) is 23.4 Å². The average Bonchev–Trinajstić information content (AvgIpc) is 2.79. The molecular formula is C25H25NO4. The molecular weight excluding hydrogens is 378 g/mol. The topological polar surface area (TPSA) is 64.6 Å². The molecule has 0 aliphatic carbocycles. The molecule has 0 heterocycles. The zero-order valence-electron chi connectivity index (χ0n) is 17.0. The minimum absolute atomic E-state index is 0.172. The maximum absolute atomic E-state index is 12.8. The number of hydrogen-bond acceptors (Lipinski definition) is 4. The minimum Gasteiger partial charge on any atom is -0.460 e. The second-order valence-corrected chi connectivity index (χ2v) is 6.80. The van der Waals surface area contributed by atoms with E-state index in [1.807, 2.05) is 42.5 Å². The van der Waals surface area contributed by atoms with Gasteiger partial charge >= 0.3 is 5.97 Å².